The van der Waals surface area contributed by atoms with Crippen LogP contribution in [0.3, 0.4) is 0 Å². The molecule has 1 atom stereocenters. The van der Waals surface area contributed by atoms with Crippen LogP contribution in [-0.4, -0.2) is 36.8 Å². The van der Waals surface area contributed by atoms with Gasteiger partial charge in [-0.2, -0.15) is 14.6 Å². The summed E-state index contributed by atoms with van der Waals surface area (Å²) in [7, 11) is -3.45. The highest BCUT2D eigenvalue weighted by atomic mass is 32.2. The molecule has 0 radical (unpaired) electrons. The Bertz CT molecular complexity index is 907. The van der Waals surface area contributed by atoms with Gasteiger partial charge in [-0.15, -0.1) is 0 Å². The molecular formula is C18H22N4O3S. The van der Waals surface area contributed by atoms with Crippen molar-refractivity contribution in [1.29, 1.82) is 5.26 Å². The first kappa shape index (κ1) is 18.4. The van der Waals surface area contributed by atoms with E-state index in [9.17, 15) is 13.7 Å². The lowest BCUT2D eigenvalue weighted by atomic mass is 10.2. The number of nitrogens with zero attached hydrogens (tertiary/aromatic N) is 3. The molecule has 2 aromatic rings. The van der Waals surface area contributed by atoms with E-state index in [1.54, 1.807) is 24.3 Å². The normalized spacial score (nSPS) is 16.3. The predicted molar refractivity (Wildman–Crippen MR) is 98.0 cm³/mol. The van der Waals surface area contributed by atoms with Crippen LogP contribution < -0.4 is 5.32 Å². The van der Waals surface area contributed by atoms with E-state index in [1.807, 2.05) is 19.9 Å². The summed E-state index contributed by atoms with van der Waals surface area (Å²) in [5.74, 6) is 0.628. The third-order valence-electron chi connectivity index (χ3n) is 4.53. The highest BCUT2D eigenvalue weighted by Crippen LogP contribution is 2.28. The average Bonchev–Trinajstić information content (AvgIpc) is 3.32. The number of nitriles is 1. The van der Waals surface area contributed by atoms with E-state index in [0.29, 0.717) is 24.5 Å². The van der Waals surface area contributed by atoms with Crippen LogP contribution in [0, 0.1) is 11.3 Å². The highest BCUT2D eigenvalue weighted by Gasteiger charge is 2.27. The first-order chi connectivity index (χ1) is 12.5. The van der Waals surface area contributed by atoms with Crippen molar-refractivity contribution in [2.24, 2.45) is 0 Å². The third kappa shape index (κ3) is 3.59. The highest BCUT2D eigenvalue weighted by molar-refractivity contribution is 7.89. The van der Waals surface area contributed by atoms with Crippen LogP contribution in [0.5, 0.6) is 0 Å². The van der Waals surface area contributed by atoms with Gasteiger partial charge in [-0.05, 0) is 50.5 Å². The second kappa shape index (κ2) is 7.48. The van der Waals surface area contributed by atoms with E-state index in [2.05, 4.69) is 10.3 Å². The van der Waals surface area contributed by atoms with E-state index >= 15 is 0 Å². The lowest BCUT2D eigenvalue weighted by Gasteiger charge is -2.15. The molecule has 1 N–H and O–H groups in total. The third-order valence-corrected chi connectivity index (χ3v) is 6.44. The molecule has 8 heteroatoms. The van der Waals surface area contributed by atoms with Gasteiger partial charge in [0.1, 0.15) is 6.07 Å². The van der Waals surface area contributed by atoms with E-state index in [0.717, 1.165) is 19.3 Å². The maximum Gasteiger partial charge on any atom is 0.243 e. The maximum absolute atomic E-state index is 12.6. The summed E-state index contributed by atoms with van der Waals surface area (Å²) < 4.78 is 32.3. The van der Waals surface area contributed by atoms with Gasteiger partial charge in [0.05, 0.1) is 4.90 Å². The van der Waals surface area contributed by atoms with Crippen molar-refractivity contribution >= 4 is 15.9 Å². The summed E-state index contributed by atoms with van der Waals surface area (Å²) in [6.07, 6.45) is 2.68. The summed E-state index contributed by atoms with van der Waals surface area (Å²) in [6.45, 7) is 5.15. The van der Waals surface area contributed by atoms with Gasteiger partial charge in [0.15, 0.2) is 0 Å². The number of aromatic nitrogens is 1. The van der Waals surface area contributed by atoms with Crippen molar-refractivity contribution < 1.29 is 12.8 Å². The quantitative estimate of drug-likeness (QED) is 0.833. The van der Waals surface area contributed by atoms with Crippen molar-refractivity contribution in [3.8, 4) is 17.5 Å². The topological polar surface area (TPSA) is 99.2 Å². The summed E-state index contributed by atoms with van der Waals surface area (Å²) >= 11 is 0. The van der Waals surface area contributed by atoms with Crippen LogP contribution in [0.1, 0.15) is 38.8 Å². The predicted octanol–water partition coefficient (Wildman–Crippen LogP) is 3.21. The molecular weight excluding hydrogens is 352 g/mol. The standard InChI is InChI=1S/C18H22N4O3S/c1-3-13(2)20-18-16(12-19)21-17(25-18)14-6-8-15(9-7-14)26(23,24)22-10-4-5-11-22/h6-9,13,20H,3-5,10-11H2,1-2H3/t13-/m1/s1. The van der Waals surface area contributed by atoms with Crippen LogP contribution in [0.25, 0.3) is 11.5 Å². The van der Waals surface area contributed by atoms with Crippen molar-refractivity contribution in [2.45, 2.75) is 44.0 Å². The van der Waals surface area contributed by atoms with E-state index in [-0.39, 0.29) is 22.5 Å². The maximum atomic E-state index is 12.6. The minimum absolute atomic E-state index is 0.149. The van der Waals surface area contributed by atoms with Gasteiger partial charge < -0.3 is 9.73 Å². The number of oxazole rings is 1. The second-order valence-electron chi connectivity index (χ2n) is 6.40. The molecule has 7 nitrogen and oxygen atoms in total. The van der Waals surface area contributed by atoms with Gasteiger partial charge >= 0.3 is 0 Å². The van der Waals surface area contributed by atoms with Crippen LogP contribution in [0.15, 0.2) is 33.6 Å². The molecule has 138 valence electrons. The van der Waals surface area contributed by atoms with Gasteiger partial charge in [-0.1, -0.05) is 6.92 Å². The zero-order chi connectivity index (χ0) is 18.7. The Kier molecular flexibility index (Phi) is 5.30. The number of sulfonamides is 1. The molecule has 0 saturated carbocycles. The van der Waals surface area contributed by atoms with Gasteiger partial charge in [-0.25, -0.2) is 8.42 Å². The molecule has 2 heterocycles. The van der Waals surface area contributed by atoms with Crippen molar-refractivity contribution in [3.05, 3.63) is 30.0 Å². The Hall–Kier alpha value is -2.37. The van der Waals surface area contributed by atoms with Gasteiger partial charge in [0, 0.05) is 24.7 Å². The molecule has 0 amide bonds. The molecule has 1 saturated heterocycles. The smallest absolute Gasteiger partial charge is 0.243 e. The van der Waals surface area contributed by atoms with Gasteiger partial charge in [-0.3, -0.25) is 0 Å². The Morgan fingerprint density at radius 2 is 1.96 bits per heavy atom. The molecule has 3 rings (SSSR count). The molecule has 1 aromatic heterocycles. The summed E-state index contributed by atoms with van der Waals surface area (Å²) in [5.41, 5.74) is 0.813. The summed E-state index contributed by atoms with van der Waals surface area (Å²) in [6, 6.07) is 8.59. The van der Waals surface area contributed by atoms with Crippen molar-refractivity contribution in [2.75, 3.05) is 18.4 Å². The van der Waals surface area contributed by atoms with Crippen molar-refractivity contribution in [3.63, 3.8) is 0 Å². The Morgan fingerprint density at radius 1 is 1.31 bits per heavy atom. The SMILES string of the molecule is CC[C@@H](C)Nc1oc(-c2ccc(S(=O)(=O)N3CCCC3)cc2)nc1C#N. The molecule has 1 aliphatic rings. The zero-order valence-electron chi connectivity index (χ0n) is 14.9. The first-order valence-corrected chi connectivity index (χ1v) is 10.2. The minimum atomic E-state index is -3.45. The van der Waals surface area contributed by atoms with Crippen LogP contribution in [0.4, 0.5) is 5.88 Å². The average molecular weight is 374 g/mol. The lowest BCUT2D eigenvalue weighted by Crippen LogP contribution is -2.27. The Labute approximate surface area is 153 Å². The van der Waals surface area contributed by atoms with Crippen LogP contribution in [0.2, 0.25) is 0 Å². The number of benzene rings is 1. The Balaban J connectivity index is 1.86. The van der Waals surface area contributed by atoms with E-state index < -0.39 is 10.0 Å². The fourth-order valence-corrected chi connectivity index (χ4v) is 4.31. The molecule has 0 bridgehead atoms. The van der Waals surface area contributed by atoms with Crippen LogP contribution >= 0.6 is 0 Å². The summed E-state index contributed by atoms with van der Waals surface area (Å²) in [5, 5.41) is 12.4. The molecule has 1 fully saturated rings. The van der Waals surface area contributed by atoms with E-state index in [4.69, 9.17) is 4.42 Å². The number of nitrogens with one attached hydrogen (secondary N) is 1. The molecule has 1 aromatic carbocycles. The van der Waals surface area contributed by atoms with Crippen LogP contribution in [-0.2, 0) is 10.0 Å². The van der Waals surface area contributed by atoms with Crippen molar-refractivity contribution in [1.82, 2.24) is 9.29 Å². The van der Waals surface area contributed by atoms with E-state index in [1.165, 1.54) is 4.31 Å². The molecule has 0 spiro atoms. The molecule has 0 unspecified atom stereocenters. The fourth-order valence-electron chi connectivity index (χ4n) is 2.79. The fraction of sp³-hybridized carbons (Fsp3) is 0.444. The first-order valence-electron chi connectivity index (χ1n) is 8.73. The lowest BCUT2D eigenvalue weighted by molar-refractivity contribution is 0.477. The molecule has 0 aliphatic carbocycles. The minimum Gasteiger partial charge on any atom is -0.419 e. The zero-order valence-corrected chi connectivity index (χ0v) is 15.7. The number of rotatable bonds is 6. The van der Waals surface area contributed by atoms with Gasteiger partial charge in [0.25, 0.3) is 0 Å². The monoisotopic (exact) mass is 374 g/mol. The number of anilines is 1. The summed E-state index contributed by atoms with van der Waals surface area (Å²) in [4.78, 5) is 4.46. The largest absolute Gasteiger partial charge is 0.419 e. The molecule has 1 aliphatic heterocycles. The van der Waals surface area contributed by atoms with Gasteiger partial charge in [0.2, 0.25) is 27.5 Å². The number of hydrogen-bond donors (Lipinski definition) is 1. The molecule has 26 heavy (non-hydrogen) atoms. The second-order valence-corrected chi connectivity index (χ2v) is 8.34. The number of hydrogen-bond acceptors (Lipinski definition) is 6. The Morgan fingerprint density at radius 3 is 2.54 bits per heavy atom.